The van der Waals surface area contributed by atoms with Crippen molar-refractivity contribution in [3.63, 3.8) is 0 Å². The molecule has 7 N–H and O–H groups in total. The molecule has 1 heterocycles. The Morgan fingerprint density at radius 3 is 2.30 bits per heavy atom. The zero-order chi connectivity index (χ0) is 34.5. The summed E-state index contributed by atoms with van der Waals surface area (Å²) >= 11 is 0. The van der Waals surface area contributed by atoms with Crippen LogP contribution in [0.15, 0.2) is 86.5 Å². The summed E-state index contributed by atoms with van der Waals surface area (Å²) in [4.78, 5) is 25.6. The molecule has 0 amide bonds. The van der Waals surface area contributed by atoms with Gasteiger partial charge in [-0.3, -0.25) is 18.6 Å². The monoisotopic (exact) mass is 704 g/mol. The molecule has 1 aliphatic carbocycles. The Labute approximate surface area is 272 Å². The van der Waals surface area contributed by atoms with E-state index in [9.17, 15) is 45.7 Å². The van der Waals surface area contributed by atoms with Crippen LogP contribution in [0.2, 0.25) is 0 Å². The van der Waals surface area contributed by atoms with Crippen LogP contribution >= 0.6 is 10.8 Å². The van der Waals surface area contributed by atoms with Crippen molar-refractivity contribution >= 4 is 65.5 Å². The first-order chi connectivity index (χ1) is 21.8. The van der Waals surface area contributed by atoms with E-state index in [2.05, 4.69) is 19.2 Å². The molecule has 3 aromatic rings. The molecule has 1 atom stereocenters. The summed E-state index contributed by atoms with van der Waals surface area (Å²) < 4.78 is 82.2. The van der Waals surface area contributed by atoms with Crippen LogP contribution < -0.4 is 14.8 Å². The van der Waals surface area contributed by atoms with Crippen LogP contribution in [0.1, 0.15) is 48.2 Å². The van der Waals surface area contributed by atoms with Crippen LogP contribution in [0.3, 0.4) is 0 Å². The van der Waals surface area contributed by atoms with Crippen LogP contribution in [0.25, 0.3) is 5.76 Å². The number of fused-ring (bicyclic) bond motifs is 2. The fourth-order valence-corrected chi connectivity index (χ4v) is 8.51. The highest BCUT2D eigenvalue weighted by molar-refractivity contribution is 8.23. The number of aromatic carboxylic acids is 1. The van der Waals surface area contributed by atoms with Gasteiger partial charge in [-0.05, 0) is 66.8 Å². The van der Waals surface area contributed by atoms with E-state index >= 15 is 0 Å². The minimum Gasteiger partial charge on any atom is -0.506 e. The third-order valence-corrected chi connectivity index (χ3v) is 11.1. The lowest BCUT2D eigenvalue weighted by molar-refractivity contribution is -0.121. The summed E-state index contributed by atoms with van der Waals surface area (Å²) in [7, 11) is -12.3. The average molecular weight is 705 g/mol. The summed E-state index contributed by atoms with van der Waals surface area (Å²) in [6, 6.07) is 14.4. The Bertz CT molecular complexity index is 2080. The summed E-state index contributed by atoms with van der Waals surface area (Å²) in [5.41, 5.74) is -2.37. The normalized spacial score (nSPS) is 19.7. The molecule has 1 unspecified atom stereocenters. The number of ketones is 1. The standard InChI is InChI=1S/C30H32N4O10S3/c1-17(2)14-15-30(34-46(41,42)20-11-8-18(9-12-20)29(37)38)22-7-5-4-6-21(22)26(35)25(27(30)36)28-31-23-13-10-19(32-45(3,39)40)16-24(23)47(43,44)33-28/h4-13,16-17,32,34-35,43-44H,14-15H2,1-3H3,(H,31,33)(H,37,38). The molecule has 0 spiro atoms. The molecule has 250 valence electrons. The molecule has 0 aromatic heterocycles. The minimum atomic E-state index is -4.53. The lowest BCUT2D eigenvalue weighted by Gasteiger charge is -2.41. The summed E-state index contributed by atoms with van der Waals surface area (Å²) in [5, 5.41) is 23.6. The zero-order valence-corrected chi connectivity index (χ0v) is 27.7. The maximum Gasteiger partial charge on any atom is 0.335 e. The Morgan fingerprint density at radius 1 is 1.02 bits per heavy atom. The molecule has 5 rings (SSSR count). The number of hydrogen-bond donors (Lipinski definition) is 7. The van der Waals surface area contributed by atoms with Crippen LogP contribution in [0.4, 0.5) is 11.4 Å². The first-order valence-corrected chi connectivity index (χ1v) is 18.9. The number of sulfonamides is 2. The van der Waals surface area contributed by atoms with Gasteiger partial charge in [0.1, 0.15) is 21.8 Å². The van der Waals surface area contributed by atoms with Crippen molar-refractivity contribution in [1.29, 1.82) is 0 Å². The summed E-state index contributed by atoms with van der Waals surface area (Å²) in [6.45, 7) is 3.76. The third kappa shape index (κ3) is 6.63. The molecular weight excluding hydrogens is 673 g/mol. The summed E-state index contributed by atoms with van der Waals surface area (Å²) in [5.74, 6) is -3.23. The smallest absolute Gasteiger partial charge is 0.335 e. The Kier molecular flexibility index (Phi) is 8.76. The maximum absolute atomic E-state index is 14.7. The number of aliphatic hydroxyl groups excluding tert-OH is 1. The highest BCUT2D eigenvalue weighted by atomic mass is 32.3. The predicted molar refractivity (Wildman–Crippen MR) is 178 cm³/mol. The van der Waals surface area contributed by atoms with E-state index in [1.54, 1.807) is 12.1 Å². The largest absolute Gasteiger partial charge is 0.506 e. The van der Waals surface area contributed by atoms with Crippen LogP contribution in [-0.2, 0) is 30.4 Å². The number of carbonyl (C=O) groups excluding carboxylic acids is 1. The van der Waals surface area contributed by atoms with Gasteiger partial charge < -0.3 is 15.5 Å². The van der Waals surface area contributed by atoms with Crippen LogP contribution in [-0.4, -0.2) is 60.0 Å². The van der Waals surface area contributed by atoms with Crippen molar-refractivity contribution in [2.75, 3.05) is 16.3 Å². The van der Waals surface area contributed by atoms with E-state index in [1.165, 1.54) is 30.3 Å². The quantitative estimate of drug-likeness (QED) is 0.152. The molecule has 0 bridgehead atoms. The van der Waals surface area contributed by atoms with Gasteiger partial charge in [0.2, 0.25) is 20.0 Å². The number of nitrogens with zero attached hydrogens (tertiary/aromatic N) is 1. The molecule has 14 nitrogen and oxygen atoms in total. The third-order valence-electron chi connectivity index (χ3n) is 7.60. The number of carboxylic acid groups (broad SMARTS) is 1. The lowest BCUT2D eigenvalue weighted by Crippen LogP contribution is -2.55. The molecule has 0 fully saturated rings. The van der Waals surface area contributed by atoms with Crippen molar-refractivity contribution in [2.24, 2.45) is 10.3 Å². The van der Waals surface area contributed by atoms with Crippen molar-refractivity contribution in [1.82, 2.24) is 4.72 Å². The summed E-state index contributed by atoms with van der Waals surface area (Å²) in [6.07, 6.45) is 1.18. The number of nitrogens with one attached hydrogen (secondary N) is 3. The Hall–Kier alpha value is -4.26. The molecule has 0 saturated heterocycles. The molecule has 17 heteroatoms. The van der Waals surface area contributed by atoms with Gasteiger partial charge in [0.25, 0.3) is 0 Å². The number of anilines is 2. The van der Waals surface area contributed by atoms with Crippen molar-refractivity contribution < 1.29 is 45.7 Å². The van der Waals surface area contributed by atoms with Gasteiger partial charge in [-0.15, -0.1) is 4.40 Å². The van der Waals surface area contributed by atoms with Gasteiger partial charge in [0, 0.05) is 5.56 Å². The molecule has 3 aromatic carbocycles. The number of benzene rings is 3. The second-order valence-electron chi connectivity index (χ2n) is 11.5. The first kappa shape index (κ1) is 34.1. The number of carboxylic acids is 1. The number of amidine groups is 1. The molecular formula is C30H32N4O10S3. The SMILES string of the molecule is CC(C)CCC1(NS(=O)(=O)c2ccc(C(=O)O)cc2)C(=O)C(C2=NS(O)(O)c3cc(NS(C)(=O)=O)ccc3N2)=C(O)c2ccccc21. The topological polar surface area (TPSA) is 232 Å². The maximum atomic E-state index is 14.7. The number of aliphatic hydroxyl groups is 1. The second kappa shape index (κ2) is 12.1. The second-order valence-corrected chi connectivity index (χ2v) is 16.6. The van der Waals surface area contributed by atoms with Crippen molar-refractivity contribution in [3.05, 3.63) is 89.0 Å². The van der Waals surface area contributed by atoms with Gasteiger partial charge >= 0.3 is 5.97 Å². The Morgan fingerprint density at radius 2 is 1.68 bits per heavy atom. The molecule has 47 heavy (non-hydrogen) atoms. The molecule has 1 aliphatic heterocycles. The highest BCUT2D eigenvalue weighted by Gasteiger charge is 2.52. The Balaban J connectivity index is 1.66. The van der Waals surface area contributed by atoms with E-state index in [0.717, 1.165) is 30.5 Å². The van der Waals surface area contributed by atoms with Crippen molar-refractivity contribution in [3.8, 4) is 0 Å². The van der Waals surface area contributed by atoms with Gasteiger partial charge in [0.15, 0.2) is 11.6 Å². The van der Waals surface area contributed by atoms with E-state index in [0.29, 0.717) is 6.42 Å². The predicted octanol–water partition coefficient (Wildman–Crippen LogP) is 4.77. The fraction of sp³-hybridized carbons (Fsp3) is 0.233. The highest BCUT2D eigenvalue weighted by Crippen LogP contribution is 2.57. The number of Topliss-reactive ketones (excluding diaryl/α,β-unsaturated/α-hetero) is 1. The van der Waals surface area contributed by atoms with Gasteiger partial charge in [0.05, 0.1) is 28.1 Å². The van der Waals surface area contributed by atoms with Crippen molar-refractivity contribution in [2.45, 2.75) is 42.0 Å². The number of rotatable bonds is 10. The van der Waals surface area contributed by atoms with E-state index in [1.807, 2.05) is 13.8 Å². The number of carbonyl (C=O) groups is 2. The minimum absolute atomic E-state index is 0.00659. The first-order valence-electron chi connectivity index (χ1n) is 14.1. The molecule has 0 radical (unpaired) electrons. The lowest BCUT2D eigenvalue weighted by atomic mass is 9.72. The van der Waals surface area contributed by atoms with Crippen LogP contribution in [0.5, 0.6) is 0 Å². The van der Waals surface area contributed by atoms with E-state index < -0.39 is 65.3 Å². The molecule has 0 saturated carbocycles. The molecule has 2 aliphatic rings. The van der Waals surface area contributed by atoms with Gasteiger partial charge in [-0.1, -0.05) is 48.9 Å². The fourth-order valence-electron chi connectivity index (χ4n) is 5.39. The zero-order valence-electron chi connectivity index (χ0n) is 25.3. The van der Waals surface area contributed by atoms with E-state index in [-0.39, 0.29) is 50.2 Å². The van der Waals surface area contributed by atoms with E-state index in [4.69, 9.17) is 0 Å². The van der Waals surface area contributed by atoms with Crippen LogP contribution in [0, 0.1) is 5.92 Å². The van der Waals surface area contributed by atoms with Gasteiger partial charge in [-0.2, -0.15) is 4.72 Å². The average Bonchev–Trinajstić information content (AvgIpc) is 2.98. The van der Waals surface area contributed by atoms with Gasteiger partial charge in [-0.25, -0.2) is 21.6 Å². The number of hydrogen-bond acceptors (Lipinski definition) is 11.